The highest BCUT2D eigenvalue weighted by Gasteiger charge is 2.38. The zero-order chi connectivity index (χ0) is 33.9. The monoisotopic (exact) mass is 653 g/mol. The molecule has 0 saturated heterocycles. The van der Waals surface area contributed by atoms with Crippen molar-refractivity contribution >= 4 is 28.5 Å². The Bertz CT molecular complexity index is 2530. The summed E-state index contributed by atoms with van der Waals surface area (Å²) in [5.74, 6) is -0.643. The molecule has 0 amide bonds. The lowest BCUT2D eigenvalue weighted by atomic mass is 9.83. The molecule has 0 aliphatic carbocycles. The smallest absolute Gasteiger partial charge is 0.332 e. The van der Waals surface area contributed by atoms with Crippen LogP contribution < -0.4 is 43.4 Å². The fraction of sp³-hybridized carbons (Fsp3) is 0.194. The quantitative estimate of drug-likeness (QED) is 0.148. The van der Waals surface area contributed by atoms with E-state index in [9.17, 15) is 33.9 Å². The van der Waals surface area contributed by atoms with Crippen molar-refractivity contribution in [2.75, 3.05) is 11.5 Å². The van der Waals surface area contributed by atoms with Crippen molar-refractivity contribution in [2.24, 2.45) is 14.1 Å². The average molecular weight is 654 g/mol. The van der Waals surface area contributed by atoms with Crippen molar-refractivity contribution in [1.82, 2.24) is 38.6 Å². The highest BCUT2D eigenvalue weighted by Crippen LogP contribution is 2.46. The number of aromatic amines is 4. The van der Waals surface area contributed by atoms with Crippen LogP contribution in [0.4, 0.5) is 17.3 Å². The van der Waals surface area contributed by atoms with Gasteiger partial charge in [-0.3, -0.25) is 48.4 Å². The van der Waals surface area contributed by atoms with E-state index in [1.807, 2.05) is 0 Å². The molecule has 1 aliphatic heterocycles. The molecule has 0 saturated carbocycles. The third-order valence-electron chi connectivity index (χ3n) is 8.27. The number of aromatic hydroxyl groups is 1. The molecule has 5 heterocycles. The summed E-state index contributed by atoms with van der Waals surface area (Å²) < 4.78 is 9.94. The Morgan fingerprint density at radius 2 is 1.48 bits per heavy atom. The molecule has 2 aromatic carbocycles. The van der Waals surface area contributed by atoms with Gasteiger partial charge in [-0.15, -0.1) is 0 Å². The molecule has 6 aromatic rings. The summed E-state index contributed by atoms with van der Waals surface area (Å²) >= 11 is 0. The van der Waals surface area contributed by atoms with Crippen molar-refractivity contribution in [3.63, 3.8) is 0 Å². The fourth-order valence-electron chi connectivity index (χ4n) is 6.08. The number of aromatic nitrogens is 8. The van der Waals surface area contributed by atoms with Gasteiger partial charge in [0, 0.05) is 26.7 Å². The first kappa shape index (κ1) is 30.0. The van der Waals surface area contributed by atoms with Crippen molar-refractivity contribution in [3.05, 3.63) is 134 Å². The summed E-state index contributed by atoms with van der Waals surface area (Å²) in [7, 11) is 2.96. The Balaban J connectivity index is 1.20. The van der Waals surface area contributed by atoms with Crippen LogP contribution >= 0.6 is 0 Å². The summed E-state index contributed by atoms with van der Waals surface area (Å²) in [5, 5.41) is 10.2. The Kier molecular flexibility index (Phi) is 7.07. The maximum absolute atomic E-state index is 13.4. The minimum atomic E-state index is -1.02. The van der Waals surface area contributed by atoms with Gasteiger partial charge < -0.3 is 14.4 Å². The number of rotatable bonds is 7. The van der Waals surface area contributed by atoms with Crippen molar-refractivity contribution in [3.8, 4) is 11.5 Å². The molecule has 0 unspecified atom stereocenters. The van der Waals surface area contributed by atoms with Crippen LogP contribution in [0.5, 0.6) is 11.5 Å². The molecule has 0 bridgehead atoms. The summed E-state index contributed by atoms with van der Waals surface area (Å²) in [5.41, 5.74) is -2.58. The topological polar surface area (TPSA) is 226 Å². The molecule has 48 heavy (non-hydrogen) atoms. The lowest BCUT2D eigenvalue weighted by Crippen LogP contribution is -2.40. The Hall–Kier alpha value is -6.65. The van der Waals surface area contributed by atoms with Gasteiger partial charge >= 0.3 is 17.1 Å². The number of hydrogen-bond donors (Lipinski definition) is 5. The summed E-state index contributed by atoms with van der Waals surface area (Å²) in [6.07, 6.45) is 2.00. The Labute approximate surface area is 267 Å². The molecule has 0 atom stereocenters. The van der Waals surface area contributed by atoms with Crippen LogP contribution in [0.1, 0.15) is 29.0 Å². The van der Waals surface area contributed by atoms with Crippen LogP contribution in [0.25, 0.3) is 11.2 Å². The standard InChI is InChI=1S/C31H27N9O8/c1-37-25-22(28(44)38(2)31(37)47)39(14-32-25)11-4-12-48-18-9-7-15(8-10-18)19-20-23(33-29(45)35-26(20)42)40(16-5-3-6-17(41)13-16)24-21(19)27(43)36-30(46)34-24/h3,5-10,13-14,19,41H,4,11-12H2,1-2H3,(H2,33,35,42,45)(H2,34,36,43,46). The van der Waals surface area contributed by atoms with Gasteiger partial charge in [0.05, 0.1) is 35.7 Å². The van der Waals surface area contributed by atoms with E-state index in [0.29, 0.717) is 35.4 Å². The molecular weight excluding hydrogens is 626 g/mol. The predicted octanol–water partition coefficient (Wildman–Crippen LogP) is 0.325. The molecule has 17 heteroatoms. The number of imidazole rings is 1. The average Bonchev–Trinajstić information content (AvgIpc) is 3.48. The lowest BCUT2D eigenvalue weighted by Gasteiger charge is -2.35. The molecule has 244 valence electrons. The molecule has 5 N–H and O–H groups in total. The van der Waals surface area contributed by atoms with Crippen LogP contribution in [0.15, 0.2) is 83.6 Å². The first-order valence-electron chi connectivity index (χ1n) is 14.7. The number of benzene rings is 2. The predicted molar refractivity (Wildman–Crippen MR) is 173 cm³/mol. The van der Waals surface area contributed by atoms with Gasteiger partial charge in [0.15, 0.2) is 11.2 Å². The molecular formula is C31H27N9O8. The van der Waals surface area contributed by atoms with E-state index in [1.165, 1.54) is 41.0 Å². The zero-order valence-corrected chi connectivity index (χ0v) is 25.4. The van der Waals surface area contributed by atoms with E-state index in [-0.39, 0.29) is 40.8 Å². The normalized spacial score (nSPS) is 12.7. The van der Waals surface area contributed by atoms with E-state index in [0.717, 1.165) is 4.57 Å². The summed E-state index contributed by atoms with van der Waals surface area (Å²) in [6, 6.07) is 12.6. The number of anilines is 3. The van der Waals surface area contributed by atoms with Gasteiger partial charge in [0.1, 0.15) is 23.1 Å². The first-order chi connectivity index (χ1) is 23.0. The number of fused-ring (bicyclic) bond motifs is 3. The zero-order valence-electron chi connectivity index (χ0n) is 25.4. The van der Waals surface area contributed by atoms with Crippen LogP contribution in [0, 0.1) is 0 Å². The number of nitrogens with zero attached hydrogens (tertiary/aromatic N) is 5. The minimum Gasteiger partial charge on any atom is -0.508 e. The second kappa shape index (κ2) is 11.3. The number of hydrogen-bond acceptors (Lipinski definition) is 10. The van der Waals surface area contributed by atoms with Crippen LogP contribution in [0.2, 0.25) is 0 Å². The van der Waals surface area contributed by atoms with E-state index >= 15 is 0 Å². The molecule has 7 rings (SSSR count). The second-order valence-corrected chi connectivity index (χ2v) is 11.2. The van der Waals surface area contributed by atoms with Gasteiger partial charge in [-0.2, -0.15) is 0 Å². The number of nitrogens with one attached hydrogen (secondary N) is 4. The summed E-state index contributed by atoms with van der Waals surface area (Å²) in [4.78, 5) is 91.9. The van der Waals surface area contributed by atoms with Crippen molar-refractivity contribution < 1.29 is 9.84 Å². The van der Waals surface area contributed by atoms with E-state index in [4.69, 9.17) is 4.74 Å². The van der Waals surface area contributed by atoms with E-state index in [2.05, 4.69) is 24.9 Å². The fourth-order valence-corrected chi connectivity index (χ4v) is 6.08. The highest BCUT2D eigenvalue weighted by atomic mass is 16.5. The SMILES string of the molecule is Cn1c(=O)c2c(ncn2CCCOc2ccc(C3c4c([nH]c(=O)[nH]c4=O)N(c4cccc(O)c4)c4[nH]c(=O)[nH]c(=O)c43)cc2)n(C)c1=O. The number of aryl methyl sites for hydroxylation is 2. The maximum Gasteiger partial charge on any atom is 0.332 e. The second-order valence-electron chi connectivity index (χ2n) is 11.2. The maximum atomic E-state index is 13.4. The van der Waals surface area contributed by atoms with E-state index < -0.39 is 39.7 Å². The summed E-state index contributed by atoms with van der Waals surface area (Å²) in [6.45, 7) is 0.663. The van der Waals surface area contributed by atoms with Gasteiger partial charge in [-0.25, -0.2) is 19.4 Å². The van der Waals surface area contributed by atoms with Gasteiger partial charge in [-0.05, 0) is 36.2 Å². The van der Waals surface area contributed by atoms with Crippen LogP contribution in [-0.4, -0.2) is 50.3 Å². The van der Waals surface area contributed by atoms with Gasteiger partial charge in [-0.1, -0.05) is 18.2 Å². The molecule has 4 aromatic heterocycles. The van der Waals surface area contributed by atoms with Crippen molar-refractivity contribution in [2.45, 2.75) is 18.9 Å². The van der Waals surface area contributed by atoms with Gasteiger partial charge in [0.2, 0.25) is 0 Å². The van der Waals surface area contributed by atoms with Crippen molar-refractivity contribution in [1.29, 1.82) is 0 Å². The molecule has 17 nitrogen and oxygen atoms in total. The first-order valence-corrected chi connectivity index (χ1v) is 14.7. The van der Waals surface area contributed by atoms with Crippen LogP contribution in [0.3, 0.4) is 0 Å². The molecule has 0 radical (unpaired) electrons. The van der Waals surface area contributed by atoms with Gasteiger partial charge in [0.25, 0.3) is 16.7 Å². The Morgan fingerprint density at radius 3 is 2.10 bits per heavy atom. The highest BCUT2D eigenvalue weighted by molar-refractivity contribution is 5.81. The number of ether oxygens (including phenoxy) is 1. The number of phenols is 1. The molecule has 1 aliphatic rings. The Morgan fingerprint density at radius 1 is 0.833 bits per heavy atom. The number of phenolic OH excluding ortho intramolecular Hbond substituents is 1. The van der Waals surface area contributed by atoms with Crippen LogP contribution in [-0.2, 0) is 20.6 Å². The lowest BCUT2D eigenvalue weighted by molar-refractivity contribution is 0.302. The largest absolute Gasteiger partial charge is 0.508 e. The minimum absolute atomic E-state index is 0.00959. The van der Waals surface area contributed by atoms with E-state index in [1.54, 1.807) is 41.9 Å². The molecule has 0 fully saturated rings. The number of H-pyrrole nitrogens is 4. The third-order valence-corrected chi connectivity index (χ3v) is 8.27. The third kappa shape index (κ3) is 4.84. The molecule has 0 spiro atoms.